The standard InChI is InChI=1S/C18H35N2/c1-3-5-7-8-9-10-11-12-13-15-20-17-16-19(18-20)14-6-4-2/h16-18H,3-15H2,1-2H3/q+1. The van der Waals surface area contributed by atoms with Gasteiger partial charge in [-0.05, 0) is 19.3 Å². The molecule has 0 unspecified atom stereocenters. The molecule has 1 aromatic rings. The summed E-state index contributed by atoms with van der Waals surface area (Å²) in [6.45, 7) is 6.89. The first-order valence-electron chi connectivity index (χ1n) is 8.91. The molecule has 116 valence electrons. The summed E-state index contributed by atoms with van der Waals surface area (Å²) in [6.07, 6.45) is 21.9. The molecule has 0 aromatic carbocycles. The summed E-state index contributed by atoms with van der Waals surface area (Å²) < 4.78 is 4.66. The lowest BCUT2D eigenvalue weighted by Crippen LogP contribution is -2.30. The van der Waals surface area contributed by atoms with E-state index in [0.29, 0.717) is 0 Å². The Morgan fingerprint density at radius 3 is 2.00 bits per heavy atom. The summed E-state index contributed by atoms with van der Waals surface area (Å²) in [6, 6.07) is 0. The van der Waals surface area contributed by atoms with Crippen molar-refractivity contribution in [3.05, 3.63) is 18.7 Å². The second-order valence-corrected chi connectivity index (χ2v) is 6.07. The minimum absolute atomic E-state index is 1.17. The number of unbranched alkanes of at least 4 members (excludes halogenated alkanes) is 9. The second-order valence-electron chi connectivity index (χ2n) is 6.07. The monoisotopic (exact) mass is 279 g/mol. The van der Waals surface area contributed by atoms with Crippen molar-refractivity contribution in [2.24, 2.45) is 0 Å². The summed E-state index contributed by atoms with van der Waals surface area (Å²) in [5.41, 5.74) is 0. The van der Waals surface area contributed by atoms with Crippen LogP contribution in [0.1, 0.15) is 84.5 Å². The third-order valence-corrected chi connectivity index (χ3v) is 4.04. The molecule has 1 aromatic heterocycles. The normalized spacial score (nSPS) is 11.1. The molecule has 0 bridgehead atoms. The number of nitrogens with zero attached hydrogens (tertiary/aromatic N) is 2. The Morgan fingerprint density at radius 2 is 1.35 bits per heavy atom. The highest BCUT2D eigenvalue weighted by atomic mass is 15.1. The maximum atomic E-state index is 2.34. The van der Waals surface area contributed by atoms with Gasteiger partial charge in [0, 0.05) is 0 Å². The van der Waals surface area contributed by atoms with E-state index < -0.39 is 0 Å². The van der Waals surface area contributed by atoms with Crippen molar-refractivity contribution in [2.45, 2.75) is 97.6 Å². The zero-order chi connectivity index (χ0) is 14.5. The number of hydrogen-bond donors (Lipinski definition) is 0. The highest BCUT2D eigenvalue weighted by Crippen LogP contribution is 2.09. The van der Waals surface area contributed by atoms with Crippen molar-refractivity contribution in [1.29, 1.82) is 0 Å². The molecule has 0 N–H and O–H groups in total. The maximum Gasteiger partial charge on any atom is 0.243 e. The fourth-order valence-electron chi connectivity index (χ4n) is 2.65. The van der Waals surface area contributed by atoms with Gasteiger partial charge in [-0.25, -0.2) is 9.13 Å². The molecular formula is C18H35N2+. The Hall–Kier alpha value is -0.790. The van der Waals surface area contributed by atoms with Crippen molar-refractivity contribution in [3.63, 3.8) is 0 Å². The van der Waals surface area contributed by atoms with E-state index in [1.165, 1.54) is 83.7 Å². The first-order chi connectivity index (χ1) is 9.86. The van der Waals surface area contributed by atoms with Crippen LogP contribution in [0.25, 0.3) is 0 Å². The molecule has 1 rings (SSSR count). The van der Waals surface area contributed by atoms with Gasteiger partial charge in [0.1, 0.15) is 12.4 Å². The van der Waals surface area contributed by atoms with Crippen LogP contribution in [0, 0.1) is 0 Å². The van der Waals surface area contributed by atoms with Gasteiger partial charge in [-0.15, -0.1) is 0 Å². The van der Waals surface area contributed by atoms with Gasteiger partial charge in [0.25, 0.3) is 0 Å². The SMILES string of the molecule is CCCCCCCCCCC[n+]1ccn(CCCC)c1. The van der Waals surface area contributed by atoms with Gasteiger partial charge in [-0.2, -0.15) is 0 Å². The molecule has 0 saturated carbocycles. The lowest BCUT2D eigenvalue weighted by molar-refractivity contribution is -0.696. The predicted octanol–water partition coefficient (Wildman–Crippen LogP) is 5.11. The van der Waals surface area contributed by atoms with Gasteiger partial charge in [-0.3, -0.25) is 0 Å². The van der Waals surface area contributed by atoms with E-state index >= 15 is 0 Å². The van der Waals surface area contributed by atoms with Gasteiger partial charge in [0.05, 0.1) is 13.1 Å². The van der Waals surface area contributed by atoms with Gasteiger partial charge in [0.2, 0.25) is 6.33 Å². The van der Waals surface area contributed by atoms with E-state index in [9.17, 15) is 0 Å². The number of aromatic nitrogens is 2. The molecule has 0 fully saturated rings. The minimum atomic E-state index is 1.17. The smallest absolute Gasteiger partial charge is 0.237 e. The lowest BCUT2D eigenvalue weighted by atomic mass is 10.1. The molecule has 0 atom stereocenters. The zero-order valence-corrected chi connectivity index (χ0v) is 13.8. The van der Waals surface area contributed by atoms with Crippen LogP contribution in [0.5, 0.6) is 0 Å². The van der Waals surface area contributed by atoms with Crippen molar-refractivity contribution in [3.8, 4) is 0 Å². The predicted molar refractivity (Wildman–Crippen MR) is 86.8 cm³/mol. The van der Waals surface area contributed by atoms with E-state index in [1.54, 1.807) is 0 Å². The van der Waals surface area contributed by atoms with Crippen molar-refractivity contribution < 1.29 is 4.57 Å². The lowest BCUT2D eigenvalue weighted by Gasteiger charge is -2.01. The average molecular weight is 279 g/mol. The molecule has 0 aliphatic carbocycles. The molecule has 2 heteroatoms. The van der Waals surface area contributed by atoms with Crippen molar-refractivity contribution in [1.82, 2.24) is 4.57 Å². The van der Waals surface area contributed by atoms with Crippen LogP contribution in [-0.4, -0.2) is 4.57 Å². The number of rotatable bonds is 13. The van der Waals surface area contributed by atoms with Crippen LogP contribution in [0.4, 0.5) is 0 Å². The zero-order valence-electron chi connectivity index (χ0n) is 13.8. The molecule has 0 spiro atoms. The summed E-state index contributed by atoms with van der Waals surface area (Å²) in [5, 5.41) is 0. The van der Waals surface area contributed by atoms with Crippen LogP contribution in [0.2, 0.25) is 0 Å². The number of aryl methyl sites for hydroxylation is 2. The number of imidazole rings is 1. The van der Waals surface area contributed by atoms with E-state index in [4.69, 9.17) is 0 Å². The Bertz CT molecular complexity index is 317. The maximum absolute atomic E-state index is 2.34. The van der Waals surface area contributed by atoms with E-state index in [1.807, 2.05) is 0 Å². The summed E-state index contributed by atoms with van der Waals surface area (Å²) in [5.74, 6) is 0. The third-order valence-electron chi connectivity index (χ3n) is 4.04. The molecule has 20 heavy (non-hydrogen) atoms. The van der Waals surface area contributed by atoms with Crippen LogP contribution in [0.15, 0.2) is 18.7 Å². The highest BCUT2D eigenvalue weighted by molar-refractivity contribution is 4.65. The molecule has 0 aliphatic rings. The average Bonchev–Trinajstić information content (AvgIpc) is 2.91. The molecule has 2 nitrogen and oxygen atoms in total. The van der Waals surface area contributed by atoms with Crippen LogP contribution in [-0.2, 0) is 13.1 Å². The molecule has 0 aliphatic heterocycles. The van der Waals surface area contributed by atoms with Gasteiger partial charge in [-0.1, -0.05) is 65.2 Å². The van der Waals surface area contributed by atoms with Crippen molar-refractivity contribution in [2.75, 3.05) is 0 Å². The molecule has 1 heterocycles. The van der Waals surface area contributed by atoms with E-state index in [2.05, 4.69) is 41.7 Å². The molecular weight excluding hydrogens is 244 g/mol. The van der Waals surface area contributed by atoms with E-state index in [-0.39, 0.29) is 0 Å². The van der Waals surface area contributed by atoms with Crippen LogP contribution < -0.4 is 4.57 Å². The Balaban J connectivity index is 1.94. The number of hydrogen-bond acceptors (Lipinski definition) is 0. The summed E-state index contributed by atoms with van der Waals surface area (Å²) in [7, 11) is 0. The van der Waals surface area contributed by atoms with Gasteiger partial charge >= 0.3 is 0 Å². The molecule has 0 saturated heterocycles. The molecule has 0 radical (unpaired) electrons. The largest absolute Gasteiger partial charge is 0.243 e. The minimum Gasteiger partial charge on any atom is -0.237 e. The molecule has 0 amide bonds. The highest BCUT2D eigenvalue weighted by Gasteiger charge is 2.02. The quantitative estimate of drug-likeness (QED) is 0.350. The first-order valence-corrected chi connectivity index (χ1v) is 8.91. The first kappa shape index (κ1) is 17.3. The van der Waals surface area contributed by atoms with E-state index in [0.717, 1.165) is 0 Å². The van der Waals surface area contributed by atoms with Gasteiger partial charge in [0.15, 0.2) is 0 Å². The van der Waals surface area contributed by atoms with Gasteiger partial charge < -0.3 is 0 Å². The second kappa shape index (κ2) is 12.0. The Labute approximate surface area is 126 Å². The summed E-state index contributed by atoms with van der Waals surface area (Å²) >= 11 is 0. The third kappa shape index (κ3) is 8.39. The topological polar surface area (TPSA) is 8.81 Å². The fraction of sp³-hybridized carbons (Fsp3) is 0.833. The summed E-state index contributed by atoms with van der Waals surface area (Å²) in [4.78, 5) is 0. The Kier molecular flexibility index (Phi) is 10.3. The fourth-order valence-corrected chi connectivity index (χ4v) is 2.65. The van der Waals surface area contributed by atoms with Crippen LogP contribution in [0.3, 0.4) is 0 Å². The Morgan fingerprint density at radius 1 is 0.750 bits per heavy atom. The van der Waals surface area contributed by atoms with Crippen LogP contribution >= 0.6 is 0 Å². The van der Waals surface area contributed by atoms with Crippen molar-refractivity contribution >= 4 is 0 Å².